The Balaban J connectivity index is 4.41. The lowest BCUT2D eigenvalue weighted by atomic mass is 9.99. The second kappa shape index (κ2) is 5.79. The molecule has 0 atom stereocenters. The number of carbonyl (C=O) groups is 1. The van der Waals surface area contributed by atoms with Gasteiger partial charge in [-0.05, 0) is 26.2 Å². The van der Waals surface area contributed by atoms with Crippen molar-refractivity contribution in [3.05, 3.63) is 11.1 Å². The van der Waals surface area contributed by atoms with Gasteiger partial charge in [-0.25, -0.2) is 4.79 Å². The molecule has 0 fully saturated rings. The van der Waals surface area contributed by atoms with Crippen LogP contribution in [-0.4, -0.2) is 12.6 Å². The van der Waals surface area contributed by atoms with Crippen LogP contribution < -0.4 is 0 Å². The van der Waals surface area contributed by atoms with Crippen molar-refractivity contribution < 1.29 is 9.53 Å². The first kappa shape index (κ1) is 12.2. The molecule has 2 heteroatoms. The molecule has 0 aliphatic rings. The number of carbonyl (C=O) groups excluding carboxylic acids is 1. The van der Waals surface area contributed by atoms with Crippen LogP contribution in [0.4, 0.5) is 0 Å². The molecule has 0 amide bonds. The number of allylic oxidation sites excluding steroid dienone is 1. The highest BCUT2D eigenvalue weighted by atomic mass is 16.5. The molecule has 13 heavy (non-hydrogen) atoms. The van der Waals surface area contributed by atoms with Crippen molar-refractivity contribution in [2.75, 3.05) is 6.61 Å². The third kappa shape index (κ3) is 4.11. The lowest BCUT2D eigenvalue weighted by molar-refractivity contribution is -0.139. The fraction of sp³-hybridized carbons (Fsp3) is 0.727. The van der Waals surface area contributed by atoms with Gasteiger partial charge in [0, 0.05) is 5.57 Å². The van der Waals surface area contributed by atoms with Gasteiger partial charge in [-0.1, -0.05) is 26.3 Å². The van der Waals surface area contributed by atoms with Gasteiger partial charge < -0.3 is 4.74 Å². The van der Waals surface area contributed by atoms with Gasteiger partial charge in [0.05, 0.1) is 6.61 Å². The molecule has 0 bridgehead atoms. The van der Waals surface area contributed by atoms with Crippen molar-refractivity contribution in [3.63, 3.8) is 0 Å². The van der Waals surface area contributed by atoms with Crippen molar-refractivity contribution >= 4 is 5.97 Å². The first-order chi connectivity index (χ1) is 6.00. The van der Waals surface area contributed by atoms with Gasteiger partial charge in [-0.3, -0.25) is 0 Å². The molecule has 0 saturated heterocycles. The monoisotopic (exact) mass is 184 g/mol. The predicted molar refractivity (Wildman–Crippen MR) is 54.5 cm³/mol. The zero-order valence-corrected chi connectivity index (χ0v) is 9.31. The van der Waals surface area contributed by atoms with Crippen LogP contribution in [-0.2, 0) is 9.53 Å². The van der Waals surface area contributed by atoms with Gasteiger partial charge in [0.2, 0.25) is 0 Å². The van der Waals surface area contributed by atoms with Crippen LogP contribution in [0.15, 0.2) is 11.1 Å². The number of esters is 1. The normalized spacial score (nSPS) is 10.0. The minimum Gasteiger partial charge on any atom is -0.462 e. The highest BCUT2D eigenvalue weighted by Gasteiger charge is 2.15. The summed E-state index contributed by atoms with van der Waals surface area (Å²) in [5.41, 5.74) is 1.87. The van der Waals surface area contributed by atoms with E-state index in [4.69, 9.17) is 4.74 Å². The number of rotatable bonds is 4. The molecule has 0 saturated carbocycles. The van der Waals surface area contributed by atoms with Gasteiger partial charge in [0.15, 0.2) is 0 Å². The third-order valence-electron chi connectivity index (χ3n) is 1.77. The molecule has 76 valence electrons. The molecule has 2 nitrogen and oxygen atoms in total. The topological polar surface area (TPSA) is 26.3 Å². The quantitative estimate of drug-likeness (QED) is 0.496. The molecule has 0 aromatic carbocycles. The molecule has 0 unspecified atom stereocenters. The lowest BCUT2D eigenvalue weighted by Crippen LogP contribution is -2.14. The second-order valence-corrected chi connectivity index (χ2v) is 3.70. The Hall–Kier alpha value is -0.790. The standard InChI is InChI=1S/C11H20O2/c1-6-7-13-11(12)10(8(2)3)9(4)5/h8H,6-7H2,1-5H3. The number of ether oxygens (including phenoxy) is 1. The highest BCUT2D eigenvalue weighted by molar-refractivity contribution is 5.89. The third-order valence-corrected chi connectivity index (χ3v) is 1.77. The summed E-state index contributed by atoms with van der Waals surface area (Å²) in [5.74, 6) is 0.0891. The fourth-order valence-electron chi connectivity index (χ4n) is 1.29. The summed E-state index contributed by atoms with van der Waals surface area (Å²) >= 11 is 0. The molecule has 0 heterocycles. The fourth-order valence-corrected chi connectivity index (χ4v) is 1.29. The van der Waals surface area contributed by atoms with Crippen LogP contribution >= 0.6 is 0 Å². The molecule has 0 aromatic rings. The molecular formula is C11H20O2. The summed E-state index contributed by atoms with van der Waals surface area (Å²) in [6.07, 6.45) is 0.875. The van der Waals surface area contributed by atoms with Crippen LogP contribution in [0.3, 0.4) is 0 Å². The van der Waals surface area contributed by atoms with Crippen LogP contribution in [0.1, 0.15) is 41.0 Å². The summed E-state index contributed by atoms with van der Waals surface area (Å²) in [7, 11) is 0. The average molecular weight is 184 g/mol. The van der Waals surface area contributed by atoms with E-state index in [-0.39, 0.29) is 11.9 Å². The largest absolute Gasteiger partial charge is 0.462 e. The Morgan fingerprint density at radius 1 is 1.31 bits per heavy atom. The van der Waals surface area contributed by atoms with Crippen LogP contribution in [0.25, 0.3) is 0 Å². The molecule has 0 N–H and O–H groups in total. The summed E-state index contributed by atoms with van der Waals surface area (Å²) in [5, 5.41) is 0. The highest BCUT2D eigenvalue weighted by Crippen LogP contribution is 2.16. The first-order valence-electron chi connectivity index (χ1n) is 4.85. The van der Waals surface area contributed by atoms with Crippen molar-refractivity contribution in [1.82, 2.24) is 0 Å². The van der Waals surface area contributed by atoms with E-state index in [0.29, 0.717) is 6.61 Å². The summed E-state index contributed by atoms with van der Waals surface area (Å²) in [6.45, 7) is 10.4. The molecule has 0 spiro atoms. The molecule has 0 aliphatic heterocycles. The Labute approximate surface area is 81.0 Å². The van der Waals surface area contributed by atoms with Gasteiger partial charge >= 0.3 is 5.97 Å². The van der Waals surface area contributed by atoms with E-state index in [2.05, 4.69) is 0 Å². The zero-order valence-electron chi connectivity index (χ0n) is 9.31. The van der Waals surface area contributed by atoms with E-state index >= 15 is 0 Å². The van der Waals surface area contributed by atoms with Crippen LogP contribution in [0.5, 0.6) is 0 Å². The Kier molecular flexibility index (Phi) is 5.44. The van der Waals surface area contributed by atoms with E-state index in [9.17, 15) is 4.79 Å². The molecule has 0 aliphatic carbocycles. The second-order valence-electron chi connectivity index (χ2n) is 3.70. The predicted octanol–water partition coefficient (Wildman–Crippen LogP) is 2.93. The molecule has 0 aromatic heterocycles. The van der Waals surface area contributed by atoms with Gasteiger partial charge in [0.1, 0.15) is 0 Å². The lowest BCUT2D eigenvalue weighted by Gasteiger charge is -2.12. The maximum atomic E-state index is 11.5. The maximum absolute atomic E-state index is 11.5. The minimum atomic E-state index is -0.156. The van der Waals surface area contributed by atoms with E-state index in [1.54, 1.807) is 0 Å². The van der Waals surface area contributed by atoms with Crippen molar-refractivity contribution in [3.8, 4) is 0 Å². The molecular weight excluding hydrogens is 164 g/mol. The van der Waals surface area contributed by atoms with Crippen molar-refractivity contribution in [2.24, 2.45) is 5.92 Å². The van der Waals surface area contributed by atoms with E-state index < -0.39 is 0 Å². The number of hydrogen-bond donors (Lipinski definition) is 0. The van der Waals surface area contributed by atoms with Crippen molar-refractivity contribution in [1.29, 1.82) is 0 Å². The molecule has 0 rings (SSSR count). The maximum Gasteiger partial charge on any atom is 0.334 e. The summed E-state index contributed by atoms with van der Waals surface area (Å²) in [6, 6.07) is 0. The van der Waals surface area contributed by atoms with Gasteiger partial charge in [0.25, 0.3) is 0 Å². The van der Waals surface area contributed by atoms with Gasteiger partial charge in [-0.15, -0.1) is 0 Å². The minimum absolute atomic E-state index is 0.156. The SMILES string of the molecule is CCCOC(=O)C(=C(C)C)C(C)C. The van der Waals surface area contributed by atoms with E-state index in [0.717, 1.165) is 17.6 Å². The van der Waals surface area contributed by atoms with E-state index in [1.807, 2.05) is 34.6 Å². The first-order valence-corrected chi connectivity index (χ1v) is 4.85. The molecule has 0 radical (unpaired) electrons. The summed E-state index contributed by atoms with van der Waals surface area (Å²) in [4.78, 5) is 11.5. The van der Waals surface area contributed by atoms with Crippen molar-refractivity contribution in [2.45, 2.75) is 41.0 Å². The Bertz CT molecular complexity index is 198. The van der Waals surface area contributed by atoms with E-state index in [1.165, 1.54) is 0 Å². The Morgan fingerprint density at radius 3 is 2.15 bits per heavy atom. The average Bonchev–Trinajstić information content (AvgIpc) is 1.99. The smallest absolute Gasteiger partial charge is 0.334 e. The summed E-state index contributed by atoms with van der Waals surface area (Å²) < 4.78 is 5.08. The van der Waals surface area contributed by atoms with Crippen LogP contribution in [0.2, 0.25) is 0 Å². The van der Waals surface area contributed by atoms with Crippen LogP contribution in [0, 0.1) is 5.92 Å². The Morgan fingerprint density at radius 2 is 1.85 bits per heavy atom. The zero-order chi connectivity index (χ0) is 10.4. The van der Waals surface area contributed by atoms with Gasteiger partial charge in [-0.2, -0.15) is 0 Å². The number of hydrogen-bond acceptors (Lipinski definition) is 2.